The first-order valence-corrected chi connectivity index (χ1v) is 11.3. The van der Waals surface area contributed by atoms with Crippen LogP contribution in [0.2, 0.25) is 0 Å². The van der Waals surface area contributed by atoms with Crippen LogP contribution in [0.25, 0.3) is 0 Å². The lowest BCUT2D eigenvalue weighted by Crippen LogP contribution is -2.60. The zero-order chi connectivity index (χ0) is 21.4. The molecule has 3 atom stereocenters. The predicted octanol–water partition coefficient (Wildman–Crippen LogP) is 3.60. The van der Waals surface area contributed by atoms with Crippen LogP contribution in [0, 0.1) is 0 Å². The molecule has 0 radical (unpaired) electrons. The lowest BCUT2D eigenvalue weighted by molar-refractivity contribution is -0.142. The van der Waals surface area contributed by atoms with E-state index in [2.05, 4.69) is 29.2 Å². The van der Waals surface area contributed by atoms with Gasteiger partial charge < -0.3 is 9.64 Å². The molecule has 1 spiro atoms. The molecule has 2 aromatic carbocycles. The van der Waals surface area contributed by atoms with Crippen molar-refractivity contribution < 1.29 is 14.3 Å². The van der Waals surface area contributed by atoms with Gasteiger partial charge in [-0.3, -0.25) is 14.5 Å². The summed E-state index contributed by atoms with van der Waals surface area (Å²) in [6, 6.07) is 18.4. The van der Waals surface area contributed by atoms with Crippen LogP contribution in [0.1, 0.15) is 43.2 Å². The normalized spacial score (nSPS) is 27.0. The molecule has 5 nitrogen and oxygen atoms in total. The average Bonchev–Trinajstić information content (AvgIpc) is 3.14. The Kier molecular flexibility index (Phi) is 5.30. The maximum Gasteiger partial charge on any atom is 0.240 e. The highest BCUT2D eigenvalue weighted by atomic mass is 16.5. The van der Waals surface area contributed by atoms with E-state index in [0.717, 1.165) is 42.7 Å². The molecule has 2 bridgehead atoms. The Morgan fingerprint density at radius 1 is 0.968 bits per heavy atom. The number of carbonyl (C=O) groups is 2. The molecule has 162 valence electrons. The summed E-state index contributed by atoms with van der Waals surface area (Å²) in [7, 11) is 1.95. The van der Waals surface area contributed by atoms with Crippen molar-refractivity contribution in [2.75, 3.05) is 13.6 Å². The maximum absolute atomic E-state index is 13.2. The SMILES string of the molecule is CN1C(=O)[C@H](Cc2ccc(OCc3ccccc3)cc2)N2C[C@H]1CC21CCC(=O)CC1. The molecule has 2 saturated heterocycles. The minimum absolute atomic E-state index is 0.0163. The first kappa shape index (κ1) is 20.3. The summed E-state index contributed by atoms with van der Waals surface area (Å²) in [5.41, 5.74) is 2.30. The van der Waals surface area contributed by atoms with Crippen molar-refractivity contribution in [2.24, 2.45) is 0 Å². The fourth-order valence-electron chi connectivity index (χ4n) is 5.68. The van der Waals surface area contributed by atoms with Crippen molar-refractivity contribution >= 4 is 11.7 Å². The number of hydrogen-bond donors (Lipinski definition) is 0. The molecule has 2 heterocycles. The molecular weight excluding hydrogens is 388 g/mol. The quantitative estimate of drug-likeness (QED) is 0.744. The van der Waals surface area contributed by atoms with Crippen molar-refractivity contribution in [2.45, 2.75) is 62.8 Å². The topological polar surface area (TPSA) is 49.9 Å². The number of fused-ring (bicyclic) bond motifs is 3. The third-order valence-corrected chi connectivity index (χ3v) is 7.53. The molecular formula is C26H30N2O3. The highest BCUT2D eigenvalue weighted by Crippen LogP contribution is 2.46. The van der Waals surface area contributed by atoms with Crippen molar-refractivity contribution in [1.82, 2.24) is 9.80 Å². The van der Waals surface area contributed by atoms with E-state index < -0.39 is 0 Å². The molecule has 1 unspecified atom stereocenters. The molecule has 2 aliphatic heterocycles. The van der Waals surface area contributed by atoms with E-state index in [1.165, 1.54) is 0 Å². The second-order valence-electron chi connectivity index (χ2n) is 9.36. The van der Waals surface area contributed by atoms with E-state index in [0.29, 0.717) is 31.7 Å². The monoisotopic (exact) mass is 418 g/mol. The van der Waals surface area contributed by atoms with Crippen LogP contribution in [-0.2, 0) is 22.6 Å². The van der Waals surface area contributed by atoms with Gasteiger partial charge in [0.25, 0.3) is 0 Å². The van der Waals surface area contributed by atoms with Gasteiger partial charge in [0.2, 0.25) is 5.91 Å². The van der Waals surface area contributed by atoms with Crippen molar-refractivity contribution in [3.63, 3.8) is 0 Å². The predicted molar refractivity (Wildman–Crippen MR) is 119 cm³/mol. The molecule has 3 aliphatic rings. The third-order valence-electron chi connectivity index (χ3n) is 7.53. The van der Waals surface area contributed by atoms with Gasteiger partial charge in [0.1, 0.15) is 18.1 Å². The minimum atomic E-state index is -0.145. The summed E-state index contributed by atoms with van der Waals surface area (Å²) in [6.07, 6.45) is 4.80. The fourth-order valence-corrected chi connectivity index (χ4v) is 5.68. The summed E-state index contributed by atoms with van der Waals surface area (Å²) in [6.45, 7) is 1.47. The second-order valence-corrected chi connectivity index (χ2v) is 9.36. The fraction of sp³-hybridized carbons (Fsp3) is 0.462. The molecule has 1 saturated carbocycles. The number of likely N-dealkylation sites (N-methyl/N-ethyl adjacent to an activating group) is 1. The van der Waals surface area contributed by atoms with Gasteiger partial charge in [0, 0.05) is 38.0 Å². The van der Waals surface area contributed by atoms with Crippen LogP contribution < -0.4 is 4.74 Å². The third kappa shape index (κ3) is 3.87. The first-order chi connectivity index (χ1) is 15.0. The number of carbonyl (C=O) groups excluding carboxylic acids is 2. The first-order valence-electron chi connectivity index (χ1n) is 11.3. The number of ketones is 1. The molecule has 2 aromatic rings. The minimum Gasteiger partial charge on any atom is -0.489 e. The zero-order valence-corrected chi connectivity index (χ0v) is 18.1. The van der Waals surface area contributed by atoms with Crippen LogP contribution in [-0.4, -0.2) is 52.7 Å². The van der Waals surface area contributed by atoms with Gasteiger partial charge in [0.15, 0.2) is 0 Å². The molecule has 0 aromatic heterocycles. The number of nitrogens with zero attached hydrogens (tertiary/aromatic N) is 2. The van der Waals surface area contributed by atoms with Gasteiger partial charge in [-0.05, 0) is 48.9 Å². The summed E-state index contributed by atoms with van der Waals surface area (Å²) >= 11 is 0. The van der Waals surface area contributed by atoms with E-state index in [-0.39, 0.29) is 23.5 Å². The van der Waals surface area contributed by atoms with E-state index in [9.17, 15) is 9.59 Å². The number of rotatable bonds is 5. The smallest absolute Gasteiger partial charge is 0.240 e. The number of ether oxygens (including phenoxy) is 1. The van der Waals surface area contributed by atoms with Crippen LogP contribution >= 0.6 is 0 Å². The standard InChI is InChI=1S/C26H30N2O3/c1-27-21-16-26(13-11-22(29)12-14-26)28(17-21)24(25(27)30)15-19-7-9-23(10-8-19)31-18-20-5-3-2-4-6-20/h2-10,21,24H,11-18H2,1H3/t21-,24+/m1/s1. The van der Waals surface area contributed by atoms with Crippen LogP contribution in [0.4, 0.5) is 0 Å². The van der Waals surface area contributed by atoms with E-state index in [4.69, 9.17) is 4.74 Å². The van der Waals surface area contributed by atoms with Gasteiger partial charge in [-0.15, -0.1) is 0 Å². The zero-order valence-electron chi connectivity index (χ0n) is 18.1. The van der Waals surface area contributed by atoms with E-state index in [1.807, 2.05) is 42.3 Å². The Hall–Kier alpha value is -2.66. The summed E-state index contributed by atoms with van der Waals surface area (Å²) in [5, 5.41) is 0. The molecule has 5 rings (SSSR count). The highest BCUT2D eigenvalue weighted by molar-refractivity contribution is 5.84. The number of piperazine rings is 1. The second kappa shape index (κ2) is 8.12. The van der Waals surface area contributed by atoms with Crippen molar-refractivity contribution in [1.29, 1.82) is 0 Å². The van der Waals surface area contributed by atoms with Gasteiger partial charge >= 0.3 is 0 Å². The molecule has 1 aliphatic carbocycles. The number of Topliss-reactive ketones (excluding diaryl/α,β-unsaturated/α-hetero) is 1. The Morgan fingerprint density at radius 2 is 1.68 bits per heavy atom. The lowest BCUT2D eigenvalue weighted by Gasteiger charge is -2.45. The Balaban J connectivity index is 1.29. The number of benzene rings is 2. The van der Waals surface area contributed by atoms with Crippen LogP contribution in [0.5, 0.6) is 5.75 Å². The Morgan fingerprint density at radius 3 is 2.39 bits per heavy atom. The highest BCUT2D eigenvalue weighted by Gasteiger charge is 2.56. The average molecular weight is 419 g/mol. The summed E-state index contributed by atoms with van der Waals surface area (Å²) < 4.78 is 5.91. The van der Waals surface area contributed by atoms with Crippen LogP contribution in [0.3, 0.4) is 0 Å². The van der Waals surface area contributed by atoms with Gasteiger partial charge in [-0.1, -0.05) is 42.5 Å². The Bertz CT molecular complexity index is 946. The van der Waals surface area contributed by atoms with Crippen molar-refractivity contribution in [3.05, 3.63) is 65.7 Å². The van der Waals surface area contributed by atoms with Crippen molar-refractivity contribution in [3.8, 4) is 5.75 Å². The van der Waals surface area contributed by atoms with E-state index >= 15 is 0 Å². The lowest BCUT2D eigenvalue weighted by atomic mass is 9.78. The molecule has 31 heavy (non-hydrogen) atoms. The van der Waals surface area contributed by atoms with Gasteiger partial charge in [-0.25, -0.2) is 0 Å². The Labute approximate surface area is 184 Å². The molecule has 3 fully saturated rings. The largest absolute Gasteiger partial charge is 0.489 e. The molecule has 0 N–H and O–H groups in total. The maximum atomic E-state index is 13.2. The van der Waals surface area contributed by atoms with Gasteiger partial charge in [0.05, 0.1) is 6.04 Å². The summed E-state index contributed by atoms with van der Waals surface area (Å²) in [4.78, 5) is 29.5. The summed E-state index contributed by atoms with van der Waals surface area (Å²) in [5.74, 6) is 1.42. The molecule has 5 heteroatoms. The molecule has 1 amide bonds. The van der Waals surface area contributed by atoms with E-state index in [1.54, 1.807) is 0 Å². The van der Waals surface area contributed by atoms with Crippen LogP contribution in [0.15, 0.2) is 54.6 Å². The number of hydrogen-bond acceptors (Lipinski definition) is 4. The number of amides is 1. The van der Waals surface area contributed by atoms with Gasteiger partial charge in [-0.2, -0.15) is 0 Å².